The third kappa shape index (κ3) is 7.50. The number of rotatable bonds is 8. The van der Waals surface area contributed by atoms with Crippen molar-refractivity contribution in [3.63, 3.8) is 0 Å². The van der Waals surface area contributed by atoms with Crippen molar-refractivity contribution in [3.8, 4) is 0 Å². The van der Waals surface area contributed by atoms with E-state index in [1.165, 1.54) is 0 Å². The Morgan fingerprint density at radius 2 is 2.13 bits per heavy atom. The highest BCUT2D eigenvalue weighted by atomic mass is 127. The molecule has 8 nitrogen and oxygen atoms in total. The van der Waals surface area contributed by atoms with Crippen LogP contribution in [0.1, 0.15) is 30.9 Å². The molecule has 1 aliphatic heterocycles. The maximum absolute atomic E-state index is 6.42. The lowest BCUT2D eigenvalue weighted by atomic mass is 10.0. The van der Waals surface area contributed by atoms with E-state index in [0.717, 1.165) is 67.2 Å². The van der Waals surface area contributed by atoms with E-state index < -0.39 is 0 Å². The molecule has 0 aliphatic carbocycles. The number of aryl methyl sites for hydroxylation is 1. The van der Waals surface area contributed by atoms with Crippen LogP contribution in [-0.2, 0) is 18.3 Å². The van der Waals surface area contributed by atoms with Crippen LogP contribution in [0.5, 0.6) is 0 Å². The molecule has 1 unspecified atom stereocenters. The van der Waals surface area contributed by atoms with Gasteiger partial charge in [0.05, 0.1) is 10.7 Å². The smallest absolute Gasteiger partial charge is 0.191 e. The number of hydrogen-bond donors (Lipinski definition) is 2. The number of ether oxygens (including phenoxy) is 1. The summed E-state index contributed by atoms with van der Waals surface area (Å²) in [5.41, 5.74) is 1.09. The molecule has 0 bridgehead atoms. The molecule has 3 rings (SSSR count). The van der Waals surface area contributed by atoms with E-state index in [0.29, 0.717) is 13.2 Å². The molecule has 1 aromatic heterocycles. The van der Waals surface area contributed by atoms with E-state index in [2.05, 4.69) is 31.8 Å². The summed E-state index contributed by atoms with van der Waals surface area (Å²) in [7, 11) is 3.68. The van der Waals surface area contributed by atoms with Gasteiger partial charge in [-0.3, -0.25) is 0 Å². The van der Waals surface area contributed by atoms with Crippen molar-refractivity contribution >= 4 is 47.2 Å². The Balaban J connectivity index is 0.00000341. The maximum atomic E-state index is 6.42. The highest BCUT2D eigenvalue weighted by molar-refractivity contribution is 14.0. The Kier molecular flexibility index (Phi) is 10.8. The minimum atomic E-state index is 0. The quantitative estimate of drug-likeness (QED) is 0.223. The van der Waals surface area contributed by atoms with Crippen molar-refractivity contribution < 1.29 is 4.74 Å². The zero-order valence-corrected chi connectivity index (χ0v) is 21.6. The molecule has 0 saturated carbocycles. The zero-order chi connectivity index (χ0) is 21.3. The first-order valence-corrected chi connectivity index (χ1v) is 10.8. The summed E-state index contributed by atoms with van der Waals surface area (Å²) in [6, 6.07) is 8.31. The number of hydrogen-bond acceptors (Lipinski definition) is 5. The van der Waals surface area contributed by atoms with E-state index in [-0.39, 0.29) is 30.0 Å². The van der Waals surface area contributed by atoms with E-state index in [1.54, 1.807) is 7.11 Å². The Morgan fingerprint density at radius 1 is 1.32 bits per heavy atom. The zero-order valence-electron chi connectivity index (χ0n) is 18.5. The van der Waals surface area contributed by atoms with Crippen LogP contribution < -0.4 is 15.5 Å². The van der Waals surface area contributed by atoms with Crippen molar-refractivity contribution in [1.29, 1.82) is 0 Å². The molecule has 1 aliphatic rings. The Hall–Kier alpha value is -1.59. The molecule has 2 N–H and O–H groups in total. The fourth-order valence-corrected chi connectivity index (χ4v) is 3.78. The first kappa shape index (κ1) is 25.7. The molecule has 1 saturated heterocycles. The van der Waals surface area contributed by atoms with Crippen molar-refractivity contribution in [3.05, 3.63) is 40.9 Å². The number of nitrogens with one attached hydrogen (secondary N) is 2. The van der Waals surface area contributed by atoms with Crippen LogP contribution in [0.3, 0.4) is 0 Å². The standard InChI is InChI=1S/C21H32ClN7O.HI/c1-16-26-27-20(28(16)2)14-24-21(23-11-7-13-30-3)25-17-8-6-12-29(15-17)19-10-5-4-9-18(19)22;/h4-5,9-10,17H,6-8,11-15H2,1-3H3,(H2,23,24,25);1H. The fourth-order valence-electron chi connectivity index (χ4n) is 3.53. The molecule has 1 atom stereocenters. The number of nitrogens with zero attached hydrogens (tertiary/aromatic N) is 5. The average molecular weight is 562 g/mol. The molecule has 31 heavy (non-hydrogen) atoms. The molecule has 10 heteroatoms. The molecule has 0 amide bonds. The number of para-hydroxylation sites is 1. The lowest BCUT2D eigenvalue weighted by Crippen LogP contribution is -2.51. The molecule has 0 radical (unpaired) electrons. The summed E-state index contributed by atoms with van der Waals surface area (Å²) in [5, 5.41) is 16.1. The first-order chi connectivity index (χ1) is 14.6. The van der Waals surface area contributed by atoms with Gasteiger partial charge >= 0.3 is 0 Å². The Morgan fingerprint density at radius 3 is 2.84 bits per heavy atom. The van der Waals surface area contributed by atoms with Crippen molar-refractivity contribution in [1.82, 2.24) is 25.4 Å². The molecule has 1 fully saturated rings. The van der Waals surface area contributed by atoms with Crippen LogP contribution in [0.15, 0.2) is 29.3 Å². The summed E-state index contributed by atoms with van der Waals surface area (Å²) in [6.45, 7) is 5.80. The van der Waals surface area contributed by atoms with E-state index in [1.807, 2.05) is 36.7 Å². The van der Waals surface area contributed by atoms with Gasteiger partial charge in [0.25, 0.3) is 0 Å². The minimum absolute atomic E-state index is 0. The van der Waals surface area contributed by atoms with E-state index in [4.69, 9.17) is 21.3 Å². The highest BCUT2D eigenvalue weighted by Crippen LogP contribution is 2.27. The van der Waals surface area contributed by atoms with Crippen molar-refractivity contribution in [2.45, 2.75) is 38.8 Å². The Labute approximate surface area is 206 Å². The monoisotopic (exact) mass is 561 g/mol. The lowest BCUT2D eigenvalue weighted by Gasteiger charge is -2.35. The summed E-state index contributed by atoms with van der Waals surface area (Å²) < 4.78 is 7.12. The van der Waals surface area contributed by atoms with Gasteiger partial charge in [0.2, 0.25) is 0 Å². The predicted molar refractivity (Wildman–Crippen MR) is 137 cm³/mol. The summed E-state index contributed by atoms with van der Waals surface area (Å²) in [4.78, 5) is 7.11. The van der Waals surface area contributed by atoms with Gasteiger partial charge in [-0.05, 0) is 38.3 Å². The van der Waals surface area contributed by atoms with Crippen LogP contribution in [0.25, 0.3) is 0 Å². The number of benzene rings is 1. The van der Waals surface area contributed by atoms with Gasteiger partial charge in [0, 0.05) is 46.4 Å². The second kappa shape index (κ2) is 13.1. The van der Waals surface area contributed by atoms with Gasteiger partial charge in [-0.15, -0.1) is 34.2 Å². The number of halogens is 2. The predicted octanol–water partition coefficient (Wildman–Crippen LogP) is 3.14. The van der Waals surface area contributed by atoms with Crippen molar-refractivity contribution in [2.24, 2.45) is 12.0 Å². The van der Waals surface area contributed by atoms with Crippen LogP contribution in [0.2, 0.25) is 5.02 Å². The molecule has 1 aromatic carbocycles. The number of methoxy groups -OCH3 is 1. The van der Waals surface area contributed by atoms with Gasteiger partial charge in [-0.2, -0.15) is 0 Å². The third-order valence-corrected chi connectivity index (χ3v) is 5.65. The van der Waals surface area contributed by atoms with E-state index in [9.17, 15) is 0 Å². The maximum Gasteiger partial charge on any atom is 0.191 e. The number of piperidine rings is 1. The van der Waals surface area contributed by atoms with Crippen molar-refractivity contribution in [2.75, 3.05) is 38.3 Å². The number of aromatic nitrogens is 3. The average Bonchev–Trinajstić information content (AvgIpc) is 3.07. The second-order valence-corrected chi connectivity index (χ2v) is 7.95. The normalized spacial score (nSPS) is 16.7. The Bertz CT molecular complexity index is 845. The molecule has 2 heterocycles. The lowest BCUT2D eigenvalue weighted by molar-refractivity contribution is 0.195. The summed E-state index contributed by atoms with van der Waals surface area (Å²) in [6.07, 6.45) is 3.10. The van der Waals surface area contributed by atoms with Crippen LogP contribution in [-0.4, -0.2) is 60.1 Å². The van der Waals surface area contributed by atoms with Crippen LogP contribution in [0.4, 0.5) is 5.69 Å². The number of anilines is 1. The highest BCUT2D eigenvalue weighted by Gasteiger charge is 2.22. The summed E-state index contributed by atoms with van der Waals surface area (Å²) in [5.74, 6) is 2.51. The first-order valence-electron chi connectivity index (χ1n) is 10.5. The molecular formula is C21H33ClIN7O. The number of guanidine groups is 1. The van der Waals surface area contributed by atoms with Crippen LogP contribution in [0, 0.1) is 6.92 Å². The van der Waals surface area contributed by atoms with Gasteiger partial charge in [0.15, 0.2) is 11.8 Å². The molecule has 2 aromatic rings. The fraction of sp³-hybridized carbons (Fsp3) is 0.571. The number of aliphatic imine (C=N–C) groups is 1. The van der Waals surface area contributed by atoms with E-state index >= 15 is 0 Å². The van der Waals surface area contributed by atoms with Gasteiger partial charge in [-0.1, -0.05) is 23.7 Å². The second-order valence-electron chi connectivity index (χ2n) is 7.54. The van der Waals surface area contributed by atoms with Gasteiger partial charge in [-0.25, -0.2) is 4.99 Å². The largest absolute Gasteiger partial charge is 0.385 e. The molecule has 172 valence electrons. The van der Waals surface area contributed by atoms with Crippen LogP contribution >= 0.6 is 35.6 Å². The van der Waals surface area contributed by atoms with Gasteiger partial charge < -0.3 is 24.8 Å². The molecular weight excluding hydrogens is 529 g/mol. The SMILES string of the molecule is COCCCNC(=NCc1nnc(C)n1C)NC1CCCN(c2ccccc2Cl)C1.I. The third-order valence-electron chi connectivity index (χ3n) is 5.33. The topological polar surface area (TPSA) is 79.6 Å². The summed E-state index contributed by atoms with van der Waals surface area (Å²) >= 11 is 6.42. The molecule has 0 spiro atoms. The minimum Gasteiger partial charge on any atom is -0.385 e. The van der Waals surface area contributed by atoms with Gasteiger partial charge in [0.1, 0.15) is 12.4 Å².